The maximum Gasteiger partial charge on any atom is 0.338 e. The number of ether oxygens (including phenoxy) is 2. The number of carbonyl (C=O) groups excluding carboxylic acids is 1. The molecule has 0 amide bonds. The van der Waals surface area contributed by atoms with Crippen LogP contribution < -0.4 is 10.5 Å². The number of rotatable bonds is 5. The molecule has 0 bridgehead atoms. The zero-order valence-corrected chi connectivity index (χ0v) is 10.7. The van der Waals surface area contributed by atoms with E-state index in [1.54, 1.807) is 0 Å². The molecule has 0 aliphatic heterocycles. The van der Waals surface area contributed by atoms with Crippen LogP contribution in [0.4, 0.5) is 10.1 Å². The molecule has 0 atom stereocenters. The van der Waals surface area contributed by atoms with Crippen LogP contribution in [0.3, 0.4) is 0 Å². The lowest BCUT2D eigenvalue weighted by Gasteiger charge is -2.07. The van der Waals surface area contributed by atoms with Crippen LogP contribution in [0, 0.1) is 5.82 Å². The minimum Gasteiger partial charge on any atom is -0.490 e. The standard InChI is InChI=1S/C15H14FNO3/c16-13-7-6-11(10-14(13)17)15(18)20-9-8-19-12-4-2-1-3-5-12/h1-7,10H,8-9,17H2. The third-order valence-electron chi connectivity index (χ3n) is 2.56. The van der Waals surface area contributed by atoms with Crippen molar-refractivity contribution >= 4 is 11.7 Å². The van der Waals surface area contributed by atoms with Crippen LogP contribution >= 0.6 is 0 Å². The van der Waals surface area contributed by atoms with Gasteiger partial charge in [-0.05, 0) is 30.3 Å². The van der Waals surface area contributed by atoms with Crippen molar-refractivity contribution < 1.29 is 18.7 Å². The quantitative estimate of drug-likeness (QED) is 0.517. The van der Waals surface area contributed by atoms with Crippen LogP contribution in [0.25, 0.3) is 0 Å². The van der Waals surface area contributed by atoms with Crippen molar-refractivity contribution in [1.82, 2.24) is 0 Å². The number of carbonyl (C=O) groups is 1. The Balaban J connectivity index is 1.79. The van der Waals surface area contributed by atoms with Crippen LogP contribution in [-0.2, 0) is 4.74 Å². The Bertz CT molecular complexity index is 587. The molecular formula is C15H14FNO3. The van der Waals surface area contributed by atoms with E-state index >= 15 is 0 Å². The molecule has 0 spiro atoms. The Morgan fingerprint density at radius 3 is 2.55 bits per heavy atom. The number of nitrogen functional groups attached to an aromatic ring is 1. The highest BCUT2D eigenvalue weighted by atomic mass is 19.1. The van der Waals surface area contributed by atoms with Crippen molar-refractivity contribution in [2.45, 2.75) is 0 Å². The van der Waals surface area contributed by atoms with Gasteiger partial charge >= 0.3 is 5.97 Å². The van der Waals surface area contributed by atoms with Crippen molar-refractivity contribution in [2.24, 2.45) is 0 Å². The molecule has 104 valence electrons. The van der Waals surface area contributed by atoms with E-state index in [0.29, 0.717) is 5.75 Å². The fourth-order valence-electron chi connectivity index (χ4n) is 1.56. The molecule has 2 rings (SSSR count). The van der Waals surface area contributed by atoms with Crippen molar-refractivity contribution in [3.8, 4) is 5.75 Å². The molecule has 5 heteroatoms. The molecule has 2 aromatic carbocycles. The lowest BCUT2D eigenvalue weighted by Crippen LogP contribution is -2.12. The predicted molar refractivity (Wildman–Crippen MR) is 73.0 cm³/mol. The Kier molecular flexibility index (Phi) is 4.55. The Morgan fingerprint density at radius 1 is 1.10 bits per heavy atom. The summed E-state index contributed by atoms with van der Waals surface area (Å²) in [6, 6.07) is 12.9. The van der Waals surface area contributed by atoms with Gasteiger partial charge in [0.25, 0.3) is 0 Å². The average molecular weight is 275 g/mol. The van der Waals surface area contributed by atoms with Gasteiger partial charge in [0.2, 0.25) is 0 Å². The van der Waals surface area contributed by atoms with E-state index in [0.717, 1.165) is 6.07 Å². The predicted octanol–water partition coefficient (Wildman–Crippen LogP) is 2.64. The second-order valence-corrected chi connectivity index (χ2v) is 4.03. The summed E-state index contributed by atoms with van der Waals surface area (Å²) in [6.07, 6.45) is 0. The molecule has 2 aromatic rings. The van der Waals surface area contributed by atoms with Gasteiger partial charge < -0.3 is 15.2 Å². The van der Waals surface area contributed by atoms with Gasteiger partial charge in [-0.1, -0.05) is 18.2 Å². The highest BCUT2D eigenvalue weighted by molar-refractivity contribution is 5.90. The summed E-state index contributed by atoms with van der Waals surface area (Å²) in [7, 11) is 0. The second kappa shape index (κ2) is 6.56. The van der Waals surface area contributed by atoms with Crippen molar-refractivity contribution in [1.29, 1.82) is 0 Å². The number of halogens is 1. The van der Waals surface area contributed by atoms with Crippen molar-refractivity contribution in [2.75, 3.05) is 18.9 Å². The monoisotopic (exact) mass is 275 g/mol. The summed E-state index contributed by atoms with van der Waals surface area (Å²) in [5.74, 6) is -0.420. The molecule has 0 aliphatic carbocycles. The van der Waals surface area contributed by atoms with Crippen LogP contribution in [0.1, 0.15) is 10.4 Å². The lowest BCUT2D eigenvalue weighted by molar-refractivity contribution is 0.0450. The van der Waals surface area contributed by atoms with E-state index in [1.165, 1.54) is 12.1 Å². The summed E-state index contributed by atoms with van der Waals surface area (Å²) in [6.45, 7) is 0.345. The zero-order chi connectivity index (χ0) is 14.4. The molecule has 0 heterocycles. The first-order valence-electron chi connectivity index (χ1n) is 6.07. The van der Waals surface area contributed by atoms with E-state index in [4.69, 9.17) is 15.2 Å². The topological polar surface area (TPSA) is 61.6 Å². The third kappa shape index (κ3) is 3.71. The van der Waals surface area contributed by atoms with Gasteiger partial charge in [0.1, 0.15) is 24.8 Å². The van der Waals surface area contributed by atoms with Gasteiger partial charge in [0, 0.05) is 0 Å². The van der Waals surface area contributed by atoms with E-state index in [1.807, 2.05) is 30.3 Å². The number of hydrogen-bond acceptors (Lipinski definition) is 4. The lowest BCUT2D eigenvalue weighted by atomic mass is 10.2. The molecule has 0 radical (unpaired) electrons. The Hall–Kier alpha value is -2.56. The van der Waals surface area contributed by atoms with Crippen LogP contribution in [0.5, 0.6) is 5.75 Å². The minimum atomic E-state index is -0.562. The molecule has 0 aliphatic rings. The summed E-state index contributed by atoms with van der Waals surface area (Å²) >= 11 is 0. The van der Waals surface area contributed by atoms with Gasteiger partial charge in [-0.3, -0.25) is 0 Å². The first-order chi connectivity index (χ1) is 9.66. The normalized spacial score (nSPS) is 10.1. The third-order valence-corrected chi connectivity index (χ3v) is 2.56. The summed E-state index contributed by atoms with van der Waals surface area (Å²) in [4.78, 5) is 11.7. The minimum absolute atomic E-state index is 0.0833. The number of esters is 1. The molecule has 0 saturated heterocycles. The maximum absolute atomic E-state index is 13.0. The Labute approximate surface area is 115 Å². The summed E-state index contributed by atoms with van der Waals surface area (Å²) in [5.41, 5.74) is 5.51. The Morgan fingerprint density at radius 2 is 1.85 bits per heavy atom. The fraction of sp³-hybridized carbons (Fsp3) is 0.133. The average Bonchev–Trinajstić information content (AvgIpc) is 2.47. The summed E-state index contributed by atoms with van der Waals surface area (Å²) < 4.78 is 23.3. The molecule has 20 heavy (non-hydrogen) atoms. The molecule has 2 N–H and O–H groups in total. The van der Waals surface area contributed by atoms with Crippen LogP contribution in [0.2, 0.25) is 0 Å². The first kappa shape index (κ1) is 13.9. The van der Waals surface area contributed by atoms with E-state index in [-0.39, 0.29) is 24.5 Å². The smallest absolute Gasteiger partial charge is 0.338 e. The molecule has 4 nitrogen and oxygen atoms in total. The first-order valence-corrected chi connectivity index (χ1v) is 6.07. The SMILES string of the molecule is Nc1cc(C(=O)OCCOc2ccccc2)ccc1F. The van der Waals surface area contributed by atoms with Crippen molar-refractivity contribution in [3.05, 3.63) is 59.9 Å². The largest absolute Gasteiger partial charge is 0.490 e. The van der Waals surface area contributed by atoms with Gasteiger partial charge in [-0.25, -0.2) is 9.18 Å². The second-order valence-electron chi connectivity index (χ2n) is 4.03. The molecular weight excluding hydrogens is 261 g/mol. The highest BCUT2D eigenvalue weighted by Crippen LogP contribution is 2.13. The molecule has 0 unspecified atom stereocenters. The molecule has 0 fully saturated rings. The van der Waals surface area contributed by atoms with Gasteiger partial charge in [0.15, 0.2) is 0 Å². The van der Waals surface area contributed by atoms with Gasteiger partial charge in [-0.15, -0.1) is 0 Å². The molecule has 0 aromatic heterocycles. The zero-order valence-electron chi connectivity index (χ0n) is 10.7. The van der Waals surface area contributed by atoms with Crippen molar-refractivity contribution in [3.63, 3.8) is 0 Å². The highest BCUT2D eigenvalue weighted by Gasteiger charge is 2.09. The summed E-state index contributed by atoms with van der Waals surface area (Å²) in [5, 5.41) is 0. The van der Waals surface area contributed by atoms with E-state index in [9.17, 15) is 9.18 Å². The van der Waals surface area contributed by atoms with Gasteiger partial charge in [-0.2, -0.15) is 0 Å². The fourth-order valence-corrected chi connectivity index (χ4v) is 1.56. The van der Waals surface area contributed by atoms with Gasteiger partial charge in [0.05, 0.1) is 11.3 Å². The van der Waals surface area contributed by atoms with Crippen LogP contribution in [0.15, 0.2) is 48.5 Å². The number of anilines is 1. The maximum atomic E-state index is 13.0. The van der Waals surface area contributed by atoms with E-state index < -0.39 is 11.8 Å². The van der Waals surface area contributed by atoms with E-state index in [2.05, 4.69) is 0 Å². The molecule has 0 saturated carbocycles. The van der Waals surface area contributed by atoms with Crippen LogP contribution in [-0.4, -0.2) is 19.2 Å². The number of hydrogen-bond donors (Lipinski definition) is 1. The number of para-hydroxylation sites is 1. The number of benzene rings is 2. The number of nitrogens with two attached hydrogens (primary N) is 1.